The van der Waals surface area contributed by atoms with E-state index in [-0.39, 0.29) is 5.91 Å². The fourth-order valence-electron chi connectivity index (χ4n) is 3.03. The molecule has 0 spiro atoms. The van der Waals surface area contributed by atoms with Gasteiger partial charge in [-0.15, -0.1) is 0 Å². The van der Waals surface area contributed by atoms with E-state index in [1.54, 1.807) is 24.3 Å². The summed E-state index contributed by atoms with van der Waals surface area (Å²) in [7, 11) is 0. The zero-order chi connectivity index (χ0) is 18.4. The lowest BCUT2D eigenvalue weighted by molar-refractivity contribution is -0.116. The summed E-state index contributed by atoms with van der Waals surface area (Å²) >= 11 is 6.27. The van der Waals surface area contributed by atoms with Gasteiger partial charge >= 0.3 is 0 Å². The van der Waals surface area contributed by atoms with Crippen LogP contribution in [0.5, 0.6) is 0 Å². The van der Waals surface area contributed by atoms with Crippen LogP contribution in [-0.2, 0) is 4.79 Å². The van der Waals surface area contributed by atoms with E-state index in [0.717, 1.165) is 49.1 Å². The number of hydrogen-bond acceptors (Lipinski definition) is 4. The van der Waals surface area contributed by atoms with Crippen molar-refractivity contribution in [2.24, 2.45) is 0 Å². The second-order valence-electron chi connectivity index (χ2n) is 6.27. The van der Waals surface area contributed by atoms with Crippen LogP contribution < -0.4 is 10.2 Å². The quantitative estimate of drug-likeness (QED) is 0.879. The van der Waals surface area contributed by atoms with Gasteiger partial charge in [-0.3, -0.25) is 9.69 Å². The van der Waals surface area contributed by atoms with E-state index in [9.17, 15) is 4.79 Å². The van der Waals surface area contributed by atoms with E-state index < -0.39 is 0 Å². The molecule has 1 N–H and O–H groups in total. The van der Waals surface area contributed by atoms with Gasteiger partial charge in [-0.05, 0) is 36.4 Å². The first-order valence-corrected chi connectivity index (χ1v) is 9.05. The number of para-hydroxylation sites is 1. The molecule has 1 fully saturated rings. The predicted octanol–water partition coefficient (Wildman–Crippen LogP) is 3.36. The third-order valence-corrected chi connectivity index (χ3v) is 4.84. The van der Waals surface area contributed by atoms with Gasteiger partial charge in [0, 0.05) is 44.8 Å². The van der Waals surface area contributed by atoms with Crippen LogP contribution in [0.25, 0.3) is 0 Å². The Morgan fingerprint density at radius 2 is 1.77 bits per heavy atom. The van der Waals surface area contributed by atoms with Crippen LogP contribution >= 0.6 is 11.6 Å². The molecule has 0 atom stereocenters. The van der Waals surface area contributed by atoms with Crippen molar-refractivity contribution in [2.75, 3.05) is 42.9 Å². The second kappa shape index (κ2) is 8.70. The standard InChI is InChI=1S/C20H21ClN4O/c21-18-3-1-2-4-19(18)25-13-11-24(12-14-25)10-9-20(26)23-17-7-5-16(15-22)6-8-17/h1-8H,9-14H2,(H,23,26). The van der Waals surface area contributed by atoms with Gasteiger partial charge in [0.2, 0.25) is 5.91 Å². The lowest BCUT2D eigenvalue weighted by Gasteiger charge is -2.36. The molecule has 134 valence electrons. The van der Waals surface area contributed by atoms with Gasteiger partial charge in [-0.1, -0.05) is 23.7 Å². The van der Waals surface area contributed by atoms with Crippen molar-refractivity contribution in [3.05, 3.63) is 59.1 Å². The molecule has 1 aliphatic rings. The molecule has 1 aliphatic heterocycles. The summed E-state index contributed by atoms with van der Waals surface area (Å²) in [5, 5.41) is 12.4. The topological polar surface area (TPSA) is 59.4 Å². The van der Waals surface area contributed by atoms with Gasteiger partial charge in [-0.25, -0.2) is 0 Å². The van der Waals surface area contributed by atoms with Gasteiger partial charge in [0.25, 0.3) is 0 Å². The molecule has 0 bridgehead atoms. The Hall–Kier alpha value is -2.55. The highest BCUT2D eigenvalue weighted by Gasteiger charge is 2.19. The first-order valence-electron chi connectivity index (χ1n) is 8.67. The van der Waals surface area contributed by atoms with Crippen molar-refractivity contribution in [3.63, 3.8) is 0 Å². The molecule has 0 saturated carbocycles. The molecule has 0 unspecified atom stereocenters. The smallest absolute Gasteiger partial charge is 0.225 e. The summed E-state index contributed by atoms with van der Waals surface area (Å²) in [5.74, 6) is -0.0109. The fourth-order valence-corrected chi connectivity index (χ4v) is 3.29. The zero-order valence-electron chi connectivity index (χ0n) is 14.5. The molecule has 2 aromatic rings. The van der Waals surface area contributed by atoms with Gasteiger partial charge in [-0.2, -0.15) is 5.26 Å². The minimum absolute atomic E-state index is 0.0109. The van der Waals surface area contributed by atoms with Crippen molar-refractivity contribution in [1.82, 2.24) is 4.90 Å². The average molecular weight is 369 g/mol. The van der Waals surface area contributed by atoms with Crippen LogP contribution in [0.3, 0.4) is 0 Å². The third kappa shape index (κ3) is 4.75. The van der Waals surface area contributed by atoms with Crippen molar-refractivity contribution >= 4 is 28.9 Å². The number of rotatable bonds is 5. The fraction of sp³-hybridized carbons (Fsp3) is 0.300. The number of hydrogen-bond donors (Lipinski definition) is 1. The first-order chi connectivity index (χ1) is 12.7. The Balaban J connectivity index is 1.42. The van der Waals surface area contributed by atoms with E-state index in [2.05, 4.69) is 21.2 Å². The van der Waals surface area contributed by atoms with Crippen LogP contribution in [0, 0.1) is 11.3 Å². The van der Waals surface area contributed by atoms with E-state index in [1.165, 1.54) is 0 Å². The lowest BCUT2D eigenvalue weighted by Crippen LogP contribution is -2.47. The van der Waals surface area contributed by atoms with Crippen LogP contribution in [0.2, 0.25) is 5.02 Å². The summed E-state index contributed by atoms with van der Waals surface area (Å²) in [6.07, 6.45) is 0.450. The Bertz CT molecular complexity index is 792. The van der Waals surface area contributed by atoms with Crippen molar-refractivity contribution in [3.8, 4) is 6.07 Å². The third-order valence-electron chi connectivity index (χ3n) is 4.52. The van der Waals surface area contributed by atoms with Gasteiger partial charge in [0.15, 0.2) is 0 Å². The normalized spacial score (nSPS) is 14.7. The average Bonchev–Trinajstić information content (AvgIpc) is 2.68. The highest BCUT2D eigenvalue weighted by atomic mass is 35.5. The molecule has 1 heterocycles. The van der Waals surface area contributed by atoms with Crippen LogP contribution in [-0.4, -0.2) is 43.5 Å². The largest absolute Gasteiger partial charge is 0.368 e. The number of nitrogens with zero attached hydrogens (tertiary/aromatic N) is 3. The number of nitrogens with one attached hydrogen (secondary N) is 1. The molecule has 5 nitrogen and oxygen atoms in total. The molecule has 0 aromatic heterocycles. The van der Waals surface area contributed by atoms with E-state index in [1.807, 2.05) is 24.3 Å². The minimum atomic E-state index is -0.0109. The lowest BCUT2D eigenvalue weighted by atomic mass is 10.2. The van der Waals surface area contributed by atoms with Crippen molar-refractivity contribution < 1.29 is 4.79 Å². The van der Waals surface area contributed by atoms with Crippen molar-refractivity contribution in [2.45, 2.75) is 6.42 Å². The molecule has 6 heteroatoms. The summed E-state index contributed by atoms with van der Waals surface area (Å²) in [6.45, 7) is 4.37. The molecule has 0 radical (unpaired) electrons. The number of carbonyl (C=O) groups excluding carboxylic acids is 1. The Labute approximate surface area is 158 Å². The second-order valence-corrected chi connectivity index (χ2v) is 6.67. The molecule has 0 aliphatic carbocycles. The highest BCUT2D eigenvalue weighted by Crippen LogP contribution is 2.26. The van der Waals surface area contributed by atoms with Gasteiger partial charge in [0.1, 0.15) is 0 Å². The van der Waals surface area contributed by atoms with Crippen molar-refractivity contribution in [1.29, 1.82) is 5.26 Å². The number of anilines is 2. The number of nitriles is 1. The molecule has 1 amide bonds. The first kappa shape index (κ1) is 18.2. The monoisotopic (exact) mass is 368 g/mol. The number of benzene rings is 2. The number of piperazine rings is 1. The predicted molar refractivity (Wildman–Crippen MR) is 105 cm³/mol. The van der Waals surface area contributed by atoms with Crippen LogP contribution in [0.1, 0.15) is 12.0 Å². The van der Waals surface area contributed by atoms with Crippen LogP contribution in [0.4, 0.5) is 11.4 Å². The number of carbonyl (C=O) groups is 1. The van der Waals surface area contributed by atoms with E-state index in [0.29, 0.717) is 12.0 Å². The van der Waals surface area contributed by atoms with E-state index in [4.69, 9.17) is 16.9 Å². The summed E-state index contributed by atoms with van der Waals surface area (Å²) in [4.78, 5) is 16.7. The Kier molecular flexibility index (Phi) is 6.11. The number of halogens is 1. The molecular weight excluding hydrogens is 348 g/mol. The summed E-state index contributed by atoms with van der Waals surface area (Å²) in [5.41, 5.74) is 2.38. The Morgan fingerprint density at radius 3 is 2.42 bits per heavy atom. The summed E-state index contributed by atoms with van der Waals surface area (Å²) in [6, 6.07) is 16.9. The molecular formula is C20H21ClN4O. The van der Waals surface area contributed by atoms with E-state index >= 15 is 0 Å². The Morgan fingerprint density at radius 1 is 1.08 bits per heavy atom. The maximum Gasteiger partial charge on any atom is 0.225 e. The number of amides is 1. The molecule has 3 rings (SSSR count). The maximum atomic E-state index is 12.1. The minimum Gasteiger partial charge on any atom is -0.368 e. The zero-order valence-corrected chi connectivity index (χ0v) is 15.2. The molecule has 2 aromatic carbocycles. The highest BCUT2D eigenvalue weighted by molar-refractivity contribution is 6.33. The van der Waals surface area contributed by atoms with Gasteiger partial charge in [0.05, 0.1) is 22.3 Å². The molecule has 26 heavy (non-hydrogen) atoms. The maximum absolute atomic E-state index is 12.1. The van der Waals surface area contributed by atoms with Crippen LogP contribution in [0.15, 0.2) is 48.5 Å². The van der Waals surface area contributed by atoms with Gasteiger partial charge < -0.3 is 10.2 Å². The summed E-state index contributed by atoms with van der Waals surface area (Å²) < 4.78 is 0. The SMILES string of the molecule is N#Cc1ccc(NC(=O)CCN2CCN(c3ccccc3Cl)CC2)cc1. The molecule has 1 saturated heterocycles.